The molecule has 0 spiro atoms. The van der Waals surface area contributed by atoms with Crippen LogP contribution in [0.2, 0.25) is 0 Å². The highest BCUT2D eigenvalue weighted by atomic mass is 16.5. The Balaban J connectivity index is 1.53. The van der Waals surface area contributed by atoms with E-state index in [0.717, 1.165) is 12.0 Å². The Kier molecular flexibility index (Phi) is 4.74. The third-order valence-electron chi connectivity index (χ3n) is 3.80. The lowest BCUT2D eigenvalue weighted by Crippen LogP contribution is -2.13. The van der Waals surface area contributed by atoms with E-state index in [0.29, 0.717) is 18.0 Å². The van der Waals surface area contributed by atoms with Crippen LogP contribution in [0.4, 0.5) is 10.5 Å². The number of rotatable bonds is 5. The highest BCUT2D eigenvalue weighted by Crippen LogP contribution is 2.47. The van der Waals surface area contributed by atoms with Gasteiger partial charge in [-0.3, -0.25) is 15.1 Å². The van der Waals surface area contributed by atoms with Crippen LogP contribution in [-0.2, 0) is 9.53 Å². The van der Waals surface area contributed by atoms with Gasteiger partial charge in [-0.2, -0.15) is 0 Å². The number of carbonyl (C=O) groups is 2. The van der Waals surface area contributed by atoms with Gasteiger partial charge in [0.2, 0.25) is 0 Å². The SMILES string of the molecule is CCOC(=O)Nc1ccc(OC(=O)[C@@H]2C[C@@H]2c2cccnc2)cc1. The quantitative estimate of drug-likeness (QED) is 0.673. The first-order valence-corrected chi connectivity index (χ1v) is 7.83. The summed E-state index contributed by atoms with van der Waals surface area (Å²) >= 11 is 0. The third kappa shape index (κ3) is 3.90. The Morgan fingerprint density at radius 3 is 2.71 bits per heavy atom. The molecule has 2 atom stereocenters. The molecule has 1 N–H and O–H groups in total. The van der Waals surface area contributed by atoms with E-state index < -0.39 is 6.09 Å². The summed E-state index contributed by atoms with van der Waals surface area (Å²) < 4.78 is 10.2. The van der Waals surface area contributed by atoms with Crippen molar-refractivity contribution in [2.75, 3.05) is 11.9 Å². The highest BCUT2D eigenvalue weighted by molar-refractivity contribution is 5.85. The fourth-order valence-electron chi connectivity index (χ4n) is 2.50. The molecule has 0 radical (unpaired) electrons. The van der Waals surface area contributed by atoms with Crippen molar-refractivity contribution in [3.63, 3.8) is 0 Å². The van der Waals surface area contributed by atoms with E-state index in [2.05, 4.69) is 10.3 Å². The molecule has 1 fully saturated rings. The Labute approximate surface area is 139 Å². The molecule has 0 saturated heterocycles. The maximum atomic E-state index is 12.2. The number of amides is 1. The minimum atomic E-state index is -0.514. The van der Waals surface area contributed by atoms with Gasteiger partial charge < -0.3 is 9.47 Å². The van der Waals surface area contributed by atoms with E-state index >= 15 is 0 Å². The van der Waals surface area contributed by atoms with Crippen molar-refractivity contribution in [1.82, 2.24) is 4.98 Å². The first-order valence-electron chi connectivity index (χ1n) is 7.83. The number of ether oxygens (including phenoxy) is 2. The summed E-state index contributed by atoms with van der Waals surface area (Å²) in [6.45, 7) is 2.04. The molecule has 0 unspecified atom stereocenters. The van der Waals surface area contributed by atoms with Gasteiger partial charge in [-0.05, 0) is 55.2 Å². The molecule has 1 saturated carbocycles. The monoisotopic (exact) mass is 326 g/mol. The predicted molar refractivity (Wildman–Crippen MR) is 87.8 cm³/mol. The normalized spacial score (nSPS) is 18.5. The van der Waals surface area contributed by atoms with Gasteiger partial charge in [0.15, 0.2) is 0 Å². The molecule has 1 aliphatic rings. The molecule has 6 heteroatoms. The predicted octanol–water partition coefficient (Wildman–Crippen LogP) is 3.36. The van der Waals surface area contributed by atoms with Crippen LogP contribution in [0.5, 0.6) is 5.75 Å². The maximum absolute atomic E-state index is 12.2. The number of anilines is 1. The van der Waals surface area contributed by atoms with Gasteiger partial charge in [0, 0.05) is 18.1 Å². The minimum Gasteiger partial charge on any atom is -0.450 e. The molecular weight excluding hydrogens is 308 g/mol. The molecule has 24 heavy (non-hydrogen) atoms. The molecule has 1 heterocycles. The van der Waals surface area contributed by atoms with Crippen molar-refractivity contribution in [3.8, 4) is 5.75 Å². The van der Waals surface area contributed by atoms with Crippen molar-refractivity contribution in [3.05, 3.63) is 54.4 Å². The van der Waals surface area contributed by atoms with Crippen molar-refractivity contribution in [2.24, 2.45) is 5.92 Å². The summed E-state index contributed by atoms with van der Waals surface area (Å²) in [6, 6.07) is 10.4. The molecular formula is C18H18N2O4. The lowest BCUT2D eigenvalue weighted by molar-refractivity contribution is -0.135. The Morgan fingerprint density at radius 2 is 2.04 bits per heavy atom. The van der Waals surface area contributed by atoms with Gasteiger partial charge in [0.25, 0.3) is 0 Å². The summed E-state index contributed by atoms with van der Waals surface area (Å²) in [4.78, 5) is 27.6. The highest BCUT2D eigenvalue weighted by Gasteiger charge is 2.45. The van der Waals surface area contributed by atoms with Gasteiger partial charge >= 0.3 is 12.1 Å². The van der Waals surface area contributed by atoms with Gasteiger partial charge in [0.05, 0.1) is 12.5 Å². The van der Waals surface area contributed by atoms with Crippen LogP contribution in [0.25, 0.3) is 0 Å². The summed E-state index contributed by atoms with van der Waals surface area (Å²) in [5.41, 5.74) is 1.64. The first-order chi connectivity index (χ1) is 11.7. The van der Waals surface area contributed by atoms with Crippen LogP contribution in [0.15, 0.2) is 48.8 Å². The number of benzene rings is 1. The number of hydrogen-bond donors (Lipinski definition) is 1. The molecule has 2 aromatic rings. The zero-order valence-electron chi connectivity index (χ0n) is 13.3. The lowest BCUT2D eigenvalue weighted by Gasteiger charge is -2.07. The second kappa shape index (κ2) is 7.12. The van der Waals surface area contributed by atoms with Crippen molar-refractivity contribution in [1.29, 1.82) is 0 Å². The Morgan fingerprint density at radius 1 is 1.25 bits per heavy atom. The standard InChI is InChI=1S/C18H18N2O4/c1-2-23-18(22)20-13-5-7-14(8-6-13)24-17(21)16-10-15(16)12-4-3-9-19-11-12/h3-9,11,15-16H,2,10H2,1H3,(H,20,22)/t15-,16-/m1/s1. The smallest absolute Gasteiger partial charge is 0.411 e. The van der Waals surface area contributed by atoms with Crippen LogP contribution < -0.4 is 10.1 Å². The first kappa shape index (κ1) is 16.0. The van der Waals surface area contributed by atoms with E-state index in [4.69, 9.17) is 9.47 Å². The second-order valence-electron chi connectivity index (χ2n) is 5.53. The van der Waals surface area contributed by atoms with E-state index in [1.165, 1.54) is 0 Å². The summed E-state index contributed by atoms with van der Waals surface area (Å²) in [5, 5.41) is 2.58. The van der Waals surface area contributed by atoms with E-state index in [-0.39, 0.29) is 17.8 Å². The molecule has 6 nitrogen and oxygen atoms in total. The fourth-order valence-corrected chi connectivity index (χ4v) is 2.50. The summed E-state index contributed by atoms with van der Waals surface area (Å²) in [5.74, 6) is 0.281. The van der Waals surface area contributed by atoms with Gasteiger partial charge in [-0.25, -0.2) is 4.79 Å². The summed E-state index contributed by atoms with van der Waals surface area (Å²) in [7, 11) is 0. The molecule has 1 aromatic heterocycles. The van der Waals surface area contributed by atoms with Gasteiger partial charge in [-0.1, -0.05) is 6.07 Å². The molecule has 1 aromatic carbocycles. The zero-order valence-corrected chi connectivity index (χ0v) is 13.3. The number of aromatic nitrogens is 1. The molecule has 3 rings (SSSR count). The van der Waals surface area contributed by atoms with E-state index in [9.17, 15) is 9.59 Å². The zero-order chi connectivity index (χ0) is 16.9. The topological polar surface area (TPSA) is 77.5 Å². The average molecular weight is 326 g/mol. The Hall–Kier alpha value is -2.89. The van der Waals surface area contributed by atoms with Gasteiger partial charge in [0.1, 0.15) is 5.75 Å². The van der Waals surface area contributed by atoms with Crippen LogP contribution in [-0.4, -0.2) is 23.7 Å². The fraction of sp³-hybridized carbons (Fsp3) is 0.278. The van der Waals surface area contributed by atoms with Crippen LogP contribution in [0.1, 0.15) is 24.8 Å². The molecule has 124 valence electrons. The maximum Gasteiger partial charge on any atom is 0.411 e. The lowest BCUT2D eigenvalue weighted by atomic mass is 10.1. The number of pyridine rings is 1. The molecule has 0 bridgehead atoms. The molecule has 1 amide bonds. The third-order valence-corrected chi connectivity index (χ3v) is 3.80. The second-order valence-corrected chi connectivity index (χ2v) is 5.53. The number of hydrogen-bond acceptors (Lipinski definition) is 5. The number of nitrogens with zero attached hydrogens (tertiary/aromatic N) is 1. The van der Waals surface area contributed by atoms with Crippen molar-refractivity contribution in [2.45, 2.75) is 19.3 Å². The number of esters is 1. The number of nitrogens with one attached hydrogen (secondary N) is 1. The molecule has 1 aliphatic carbocycles. The van der Waals surface area contributed by atoms with Crippen LogP contribution in [0, 0.1) is 5.92 Å². The van der Waals surface area contributed by atoms with Crippen molar-refractivity contribution < 1.29 is 19.1 Å². The average Bonchev–Trinajstić information content (AvgIpc) is 3.38. The van der Waals surface area contributed by atoms with Crippen molar-refractivity contribution >= 4 is 17.7 Å². The van der Waals surface area contributed by atoms with Gasteiger partial charge in [-0.15, -0.1) is 0 Å². The molecule has 0 aliphatic heterocycles. The van der Waals surface area contributed by atoms with Crippen LogP contribution >= 0.6 is 0 Å². The summed E-state index contributed by atoms with van der Waals surface area (Å²) in [6.07, 6.45) is 3.77. The van der Waals surface area contributed by atoms with Crippen LogP contribution in [0.3, 0.4) is 0 Å². The largest absolute Gasteiger partial charge is 0.450 e. The number of carbonyl (C=O) groups excluding carboxylic acids is 2. The van der Waals surface area contributed by atoms with E-state index in [1.54, 1.807) is 43.6 Å². The minimum absolute atomic E-state index is 0.119. The Bertz CT molecular complexity index is 716. The van der Waals surface area contributed by atoms with E-state index in [1.807, 2.05) is 12.1 Å².